The monoisotopic (exact) mass is 216 g/mol. The second-order valence-corrected chi connectivity index (χ2v) is 3.91. The Kier molecular flexibility index (Phi) is 2.81. The largest absolute Gasteiger partial charge is 0.0582 e. The molecule has 2 heteroatoms. The zero-order valence-electron chi connectivity index (χ0n) is 6.02. The van der Waals surface area contributed by atoms with E-state index in [0.717, 1.165) is 0 Å². The molecule has 0 amide bonds. The Balaban J connectivity index is 3.07. The zero-order chi connectivity index (χ0) is 7.56. The van der Waals surface area contributed by atoms with Crippen LogP contribution in [0.3, 0.4) is 0 Å². The molecule has 0 saturated heterocycles. The van der Waals surface area contributed by atoms with E-state index in [9.17, 15) is 0 Å². The van der Waals surface area contributed by atoms with Gasteiger partial charge in [0, 0.05) is 4.90 Å². The number of halogens is 1. The quantitative estimate of drug-likeness (QED) is 0.691. The lowest BCUT2D eigenvalue weighted by molar-refractivity contribution is 1.27. The standard InChI is InChI=1S/C8H9BrS/c1-6-3-4-8(10-9)7(2)5-6/h3-5H,1-2H3. The third-order valence-corrected chi connectivity index (χ3v) is 3.08. The molecule has 0 nitrogen and oxygen atoms in total. The van der Waals surface area contributed by atoms with Crippen molar-refractivity contribution in [2.75, 3.05) is 0 Å². The van der Waals surface area contributed by atoms with Gasteiger partial charge in [-0.3, -0.25) is 0 Å². The van der Waals surface area contributed by atoms with Gasteiger partial charge in [0.1, 0.15) is 0 Å². The second kappa shape index (κ2) is 3.44. The summed E-state index contributed by atoms with van der Waals surface area (Å²) in [5.41, 5.74) is 2.66. The molecule has 0 aromatic heterocycles. The molecule has 0 fully saturated rings. The van der Waals surface area contributed by atoms with Gasteiger partial charge >= 0.3 is 0 Å². The van der Waals surface area contributed by atoms with E-state index in [0.29, 0.717) is 0 Å². The molecule has 0 aliphatic heterocycles. The lowest BCUT2D eigenvalue weighted by atomic mass is 10.2. The average molecular weight is 217 g/mol. The SMILES string of the molecule is Cc1ccc(SBr)c(C)c1. The minimum atomic E-state index is 1.30. The molecule has 0 aliphatic rings. The van der Waals surface area contributed by atoms with Crippen molar-refractivity contribution in [3.63, 3.8) is 0 Å². The van der Waals surface area contributed by atoms with Crippen molar-refractivity contribution in [1.29, 1.82) is 0 Å². The molecule has 0 aliphatic carbocycles. The third-order valence-electron chi connectivity index (χ3n) is 1.41. The number of aryl methyl sites for hydroxylation is 2. The van der Waals surface area contributed by atoms with Crippen LogP contribution in [0.15, 0.2) is 23.1 Å². The van der Waals surface area contributed by atoms with E-state index >= 15 is 0 Å². The molecule has 0 N–H and O–H groups in total. The van der Waals surface area contributed by atoms with Crippen LogP contribution in [-0.4, -0.2) is 0 Å². The lowest BCUT2D eigenvalue weighted by Gasteiger charge is -2.00. The van der Waals surface area contributed by atoms with Gasteiger partial charge in [0.25, 0.3) is 0 Å². The molecule has 0 saturated carbocycles. The maximum absolute atomic E-state index is 3.35. The molecule has 1 rings (SSSR count). The number of rotatable bonds is 1. The summed E-state index contributed by atoms with van der Waals surface area (Å²) in [4.78, 5) is 1.30. The number of benzene rings is 1. The fourth-order valence-corrected chi connectivity index (χ4v) is 2.28. The van der Waals surface area contributed by atoms with Gasteiger partial charge in [0.15, 0.2) is 0 Å². The van der Waals surface area contributed by atoms with Crippen molar-refractivity contribution < 1.29 is 0 Å². The van der Waals surface area contributed by atoms with Gasteiger partial charge in [-0.25, -0.2) is 0 Å². The first-order valence-corrected chi connectivity index (χ1v) is 5.76. The summed E-state index contributed by atoms with van der Waals surface area (Å²) in [5.74, 6) is 0. The molecule has 54 valence electrons. The van der Waals surface area contributed by atoms with Crippen molar-refractivity contribution >= 4 is 25.0 Å². The molecule has 0 bridgehead atoms. The Hall–Kier alpha value is 0.0500. The third kappa shape index (κ3) is 1.77. The van der Waals surface area contributed by atoms with Gasteiger partial charge < -0.3 is 0 Å². The van der Waals surface area contributed by atoms with Gasteiger partial charge in [-0.15, -0.1) is 0 Å². The molecule has 0 heterocycles. The second-order valence-electron chi connectivity index (χ2n) is 2.35. The fraction of sp³-hybridized carbons (Fsp3) is 0.250. The Morgan fingerprint density at radius 2 is 2.00 bits per heavy atom. The maximum atomic E-state index is 3.35. The van der Waals surface area contributed by atoms with Crippen molar-refractivity contribution in [3.05, 3.63) is 29.3 Å². The predicted molar refractivity (Wildman–Crippen MR) is 50.7 cm³/mol. The summed E-state index contributed by atoms with van der Waals surface area (Å²) in [6.45, 7) is 4.23. The molecular formula is C8H9BrS. The summed E-state index contributed by atoms with van der Waals surface area (Å²) in [7, 11) is 1.62. The predicted octanol–water partition coefficient (Wildman–Crippen LogP) is 3.71. The van der Waals surface area contributed by atoms with Crippen LogP contribution in [0.4, 0.5) is 0 Å². The van der Waals surface area contributed by atoms with Gasteiger partial charge in [0.2, 0.25) is 0 Å². The molecule has 0 radical (unpaired) electrons. The lowest BCUT2D eigenvalue weighted by Crippen LogP contribution is -1.77. The van der Waals surface area contributed by atoms with Crippen molar-refractivity contribution in [1.82, 2.24) is 0 Å². The summed E-state index contributed by atoms with van der Waals surface area (Å²) in [6.07, 6.45) is 0. The molecule has 1 aromatic rings. The minimum Gasteiger partial charge on any atom is -0.0582 e. The van der Waals surface area contributed by atoms with E-state index in [1.165, 1.54) is 16.0 Å². The van der Waals surface area contributed by atoms with E-state index in [1.807, 2.05) is 0 Å². The van der Waals surface area contributed by atoms with Crippen LogP contribution in [0.2, 0.25) is 0 Å². The number of hydrogen-bond acceptors (Lipinski definition) is 1. The first-order valence-electron chi connectivity index (χ1n) is 3.10. The van der Waals surface area contributed by atoms with Crippen molar-refractivity contribution in [3.8, 4) is 0 Å². The Morgan fingerprint density at radius 3 is 2.50 bits per heavy atom. The highest BCUT2D eigenvalue weighted by Crippen LogP contribution is 2.27. The Morgan fingerprint density at radius 1 is 1.30 bits per heavy atom. The Labute approximate surface area is 73.2 Å². The van der Waals surface area contributed by atoms with Gasteiger partial charge in [0.05, 0.1) is 0 Å². The first-order chi connectivity index (χ1) is 4.74. The van der Waals surface area contributed by atoms with Gasteiger partial charge in [-0.05, 0) is 50.5 Å². The zero-order valence-corrected chi connectivity index (χ0v) is 8.42. The summed E-state index contributed by atoms with van der Waals surface area (Å²) in [5, 5.41) is 0. The first kappa shape index (κ1) is 8.15. The highest BCUT2D eigenvalue weighted by Gasteiger charge is 1.95. The molecule has 0 atom stereocenters. The summed E-state index contributed by atoms with van der Waals surface area (Å²) >= 11 is 3.35. The normalized spacial score (nSPS) is 9.90. The van der Waals surface area contributed by atoms with Crippen LogP contribution >= 0.6 is 25.0 Å². The summed E-state index contributed by atoms with van der Waals surface area (Å²) in [6, 6.07) is 6.43. The van der Waals surface area contributed by atoms with Crippen LogP contribution in [0.25, 0.3) is 0 Å². The molecule has 0 unspecified atom stereocenters. The van der Waals surface area contributed by atoms with Crippen LogP contribution < -0.4 is 0 Å². The van der Waals surface area contributed by atoms with E-state index < -0.39 is 0 Å². The fourth-order valence-electron chi connectivity index (χ4n) is 0.886. The highest BCUT2D eigenvalue weighted by atomic mass is 79.9. The van der Waals surface area contributed by atoms with Gasteiger partial charge in [-0.2, -0.15) is 0 Å². The smallest absolute Gasteiger partial charge is 0.0217 e. The van der Waals surface area contributed by atoms with Crippen LogP contribution in [0.5, 0.6) is 0 Å². The van der Waals surface area contributed by atoms with E-state index in [4.69, 9.17) is 0 Å². The van der Waals surface area contributed by atoms with Crippen LogP contribution in [0.1, 0.15) is 11.1 Å². The highest BCUT2D eigenvalue weighted by molar-refractivity contribution is 9.50. The van der Waals surface area contributed by atoms with E-state index in [-0.39, 0.29) is 0 Å². The maximum Gasteiger partial charge on any atom is 0.0217 e. The average Bonchev–Trinajstić information content (AvgIpc) is 1.88. The van der Waals surface area contributed by atoms with Crippen LogP contribution in [0, 0.1) is 13.8 Å². The van der Waals surface area contributed by atoms with E-state index in [2.05, 4.69) is 46.9 Å². The van der Waals surface area contributed by atoms with Crippen molar-refractivity contribution in [2.45, 2.75) is 18.7 Å². The van der Waals surface area contributed by atoms with E-state index in [1.54, 1.807) is 10.2 Å². The molecule has 10 heavy (non-hydrogen) atoms. The molecule has 1 aromatic carbocycles. The van der Waals surface area contributed by atoms with Crippen molar-refractivity contribution in [2.24, 2.45) is 0 Å². The molecule has 0 spiro atoms. The summed E-state index contributed by atoms with van der Waals surface area (Å²) < 4.78 is 0. The topological polar surface area (TPSA) is 0 Å². The van der Waals surface area contributed by atoms with Gasteiger partial charge in [-0.1, -0.05) is 17.7 Å². The van der Waals surface area contributed by atoms with Crippen LogP contribution in [-0.2, 0) is 0 Å². The molecular weight excluding hydrogens is 208 g/mol. The number of hydrogen-bond donors (Lipinski definition) is 0. The minimum absolute atomic E-state index is 1.30. The Bertz CT molecular complexity index is 233.